The van der Waals surface area contributed by atoms with Crippen LogP contribution in [0.15, 0.2) is 91.8 Å². The first-order valence-electron chi connectivity index (χ1n) is 12.4. The minimum atomic E-state index is -0.575. The summed E-state index contributed by atoms with van der Waals surface area (Å²) >= 11 is 0. The molecule has 2 aliphatic heterocycles. The molecule has 35 heavy (non-hydrogen) atoms. The van der Waals surface area contributed by atoms with Crippen molar-refractivity contribution in [2.45, 2.75) is 52.6 Å². The van der Waals surface area contributed by atoms with Crippen LogP contribution in [0.2, 0.25) is 0 Å². The second-order valence-corrected chi connectivity index (χ2v) is 8.58. The number of aromatic nitrogens is 1. The molecule has 0 amide bonds. The number of fused-ring (bicyclic) bond motifs is 1. The minimum Gasteiger partial charge on any atom is -0.316 e. The van der Waals surface area contributed by atoms with Crippen molar-refractivity contribution in [1.82, 2.24) is 15.2 Å². The topological polar surface area (TPSA) is 28.2 Å². The second kappa shape index (κ2) is 14.9. The smallest absolute Gasteiger partial charge is 0.113 e. The molecule has 4 rings (SSSR count). The Labute approximate surface area is 211 Å². The molecule has 1 N–H and O–H groups in total. The van der Waals surface area contributed by atoms with Gasteiger partial charge in [0.15, 0.2) is 0 Å². The molecule has 0 aliphatic carbocycles. The first kappa shape index (κ1) is 28.0. The van der Waals surface area contributed by atoms with Gasteiger partial charge in [0.2, 0.25) is 0 Å². The Morgan fingerprint density at radius 1 is 1.26 bits per heavy atom. The number of nitrogens with one attached hydrogen (secondary N) is 1. The van der Waals surface area contributed by atoms with Gasteiger partial charge >= 0.3 is 0 Å². The van der Waals surface area contributed by atoms with Crippen molar-refractivity contribution in [2.24, 2.45) is 0 Å². The largest absolute Gasteiger partial charge is 0.316 e. The fourth-order valence-electron chi connectivity index (χ4n) is 3.80. The average molecular weight is 474 g/mol. The van der Waals surface area contributed by atoms with E-state index in [-0.39, 0.29) is 0 Å². The highest BCUT2D eigenvalue weighted by Gasteiger charge is 2.15. The van der Waals surface area contributed by atoms with Gasteiger partial charge in [-0.2, -0.15) is 0 Å². The van der Waals surface area contributed by atoms with Crippen molar-refractivity contribution in [3.8, 4) is 0 Å². The van der Waals surface area contributed by atoms with Crippen molar-refractivity contribution >= 4 is 22.7 Å². The van der Waals surface area contributed by atoms with Gasteiger partial charge in [0.1, 0.15) is 6.17 Å². The molecular formula is C31H40FN3. The molecule has 3 nitrogen and oxygen atoms in total. The van der Waals surface area contributed by atoms with E-state index in [0.717, 1.165) is 59.4 Å². The second-order valence-electron chi connectivity index (χ2n) is 8.58. The van der Waals surface area contributed by atoms with E-state index in [4.69, 9.17) is 4.98 Å². The SMILES string of the molecule is C=CCCC.C=Cc1cccc2ccc(/C(=C/C)N3C=CC(C)=CC3=C)nc12.FC1CCCNC1. The van der Waals surface area contributed by atoms with E-state index in [1.807, 2.05) is 37.4 Å². The number of unbranched alkanes of at least 4 members (excludes halogenated alkanes) is 1. The van der Waals surface area contributed by atoms with Crippen LogP contribution in [0.4, 0.5) is 4.39 Å². The Balaban J connectivity index is 0.000000296. The molecule has 0 saturated carbocycles. The summed E-state index contributed by atoms with van der Waals surface area (Å²) in [5, 5.41) is 4.08. The summed E-state index contributed by atoms with van der Waals surface area (Å²) in [6.45, 7) is 19.4. The molecule has 2 aromatic rings. The standard InChI is InChI=1S/C21H20N2.C5H10FN.C5H10/c1-5-17-8-7-9-18-10-11-19(22-21(17)18)20(6-2)23-13-12-15(3)14-16(23)4;6-5-2-1-3-7-4-5;1-3-5-4-2/h5-14H,1,4H2,2-3H3;5,7H,1-4H2;3H,1,4-5H2,2H3/b20-6-;;. The summed E-state index contributed by atoms with van der Waals surface area (Å²) in [6, 6.07) is 10.3. The number of pyridine rings is 1. The van der Waals surface area contributed by atoms with Crippen LogP contribution in [0.25, 0.3) is 22.7 Å². The highest BCUT2D eigenvalue weighted by molar-refractivity contribution is 5.88. The number of allylic oxidation sites excluding steroid dienone is 5. The van der Waals surface area contributed by atoms with Crippen LogP contribution < -0.4 is 5.32 Å². The monoisotopic (exact) mass is 473 g/mol. The first-order valence-corrected chi connectivity index (χ1v) is 12.4. The lowest BCUT2D eigenvalue weighted by atomic mass is 10.1. The number of nitrogens with zero attached hydrogens (tertiary/aromatic N) is 2. The van der Waals surface area contributed by atoms with E-state index >= 15 is 0 Å². The predicted molar refractivity (Wildman–Crippen MR) is 151 cm³/mol. The number of alkyl halides is 1. The van der Waals surface area contributed by atoms with Crippen molar-refractivity contribution in [2.75, 3.05) is 13.1 Å². The summed E-state index contributed by atoms with van der Waals surface area (Å²) in [6.07, 6.45) is 15.6. The van der Waals surface area contributed by atoms with Crippen LogP contribution in [0.1, 0.15) is 57.7 Å². The van der Waals surface area contributed by atoms with E-state index in [0.29, 0.717) is 6.54 Å². The zero-order valence-corrected chi connectivity index (χ0v) is 21.6. The average Bonchev–Trinajstić information content (AvgIpc) is 2.87. The highest BCUT2D eigenvalue weighted by atomic mass is 19.1. The lowest BCUT2D eigenvalue weighted by Gasteiger charge is -2.26. The molecule has 1 unspecified atom stereocenters. The summed E-state index contributed by atoms with van der Waals surface area (Å²) in [5.74, 6) is 0. The number of rotatable bonds is 5. The fourth-order valence-corrected chi connectivity index (χ4v) is 3.80. The Kier molecular flexibility index (Phi) is 11.9. The first-order chi connectivity index (χ1) is 16.9. The zero-order valence-electron chi connectivity index (χ0n) is 21.6. The van der Waals surface area contributed by atoms with Gasteiger partial charge in [-0.15, -0.1) is 6.58 Å². The van der Waals surface area contributed by atoms with Crippen LogP contribution in [0.5, 0.6) is 0 Å². The number of piperidine rings is 1. The summed E-state index contributed by atoms with van der Waals surface area (Å²) in [5.41, 5.74) is 6.10. The van der Waals surface area contributed by atoms with E-state index < -0.39 is 6.17 Å². The summed E-state index contributed by atoms with van der Waals surface area (Å²) in [4.78, 5) is 6.94. The van der Waals surface area contributed by atoms with Crippen LogP contribution in [-0.4, -0.2) is 29.1 Å². The van der Waals surface area contributed by atoms with Crippen LogP contribution in [-0.2, 0) is 0 Å². The maximum Gasteiger partial charge on any atom is 0.113 e. The maximum absolute atomic E-state index is 12.1. The molecule has 1 atom stereocenters. The van der Waals surface area contributed by atoms with Crippen LogP contribution in [0.3, 0.4) is 0 Å². The lowest BCUT2D eigenvalue weighted by molar-refractivity contribution is 0.266. The Morgan fingerprint density at radius 2 is 2.06 bits per heavy atom. The Bertz CT molecular complexity index is 1090. The van der Waals surface area contributed by atoms with Crippen LogP contribution >= 0.6 is 0 Å². The summed E-state index contributed by atoms with van der Waals surface area (Å²) in [7, 11) is 0. The van der Waals surface area contributed by atoms with Gasteiger partial charge < -0.3 is 10.2 Å². The van der Waals surface area contributed by atoms with Gasteiger partial charge in [-0.1, -0.05) is 69.0 Å². The number of para-hydroxylation sites is 1. The molecule has 1 fully saturated rings. The molecule has 4 heteroatoms. The molecule has 1 aromatic heterocycles. The van der Waals surface area contributed by atoms with Gasteiger partial charge in [-0.3, -0.25) is 0 Å². The number of hydrogen-bond acceptors (Lipinski definition) is 3. The van der Waals surface area contributed by atoms with E-state index in [1.54, 1.807) is 0 Å². The Morgan fingerprint density at radius 3 is 2.57 bits per heavy atom. The molecule has 1 aromatic carbocycles. The summed E-state index contributed by atoms with van der Waals surface area (Å²) < 4.78 is 12.1. The number of halogens is 1. The van der Waals surface area contributed by atoms with Crippen molar-refractivity contribution in [1.29, 1.82) is 0 Å². The van der Waals surface area contributed by atoms with Crippen molar-refractivity contribution in [3.05, 3.63) is 103 Å². The number of benzene rings is 1. The number of hydrogen-bond donors (Lipinski definition) is 1. The van der Waals surface area contributed by atoms with Crippen molar-refractivity contribution < 1.29 is 4.39 Å². The molecule has 0 spiro atoms. The normalized spacial score (nSPS) is 17.5. The molecule has 0 bridgehead atoms. The molecular weight excluding hydrogens is 433 g/mol. The Hall–Kier alpha value is -3.24. The van der Waals surface area contributed by atoms with E-state index in [2.05, 4.69) is 80.2 Å². The van der Waals surface area contributed by atoms with Gasteiger partial charge in [0.05, 0.1) is 16.9 Å². The molecule has 2 aliphatic rings. The third-order valence-electron chi connectivity index (χ3n) is 5.69. The lowest BCUT2D eigenvalue weighted by Crippen LogP contribution is -2.30. The zero-order chi connectivity index (χ0) is 25.6. The van der Waals surface area contributed by atoms with Crippen molar-refractivity contribution in [3.63, 3.8) is 0 Å². The maximum atomic E-state index is 12.1. The predicted octanol–water partition coefficient (Wildman–Crippen LogP) is 8.21. The van der Waals surface area contributed by atoms with E-state index in [1.165, 1.54) is 12.0 Å². The van der Waals surface area contributed by atoms with Gasteiger partial charge in [-0.25, -0.2) is 9.37 Å². The van der Waals surface area contributed by atoms with Gasteiger partial charge in [-0.05, 0) is 63.4 Å². The van der Waals surface area contributed by atoms with Gasteiger partial charge in [0.25, 0.3) is 0 Å². The van der Waals surface area contributed by atoms with Gasteiger partial charge in [0, 0.05) is 29.4 Å². The molecule has 1 saturated heterocycles. The molecule has 3 heterocycles. The third-order valence-corrected chi connectivity index (χ3v) is 5.69. The molecule has 0 radical (unpaired) electrons. The third kappa shape index (κ3) is 8.48. The quantitative estimate of drug-likeness (QED) is 0.444. The highest BCUT2D eigenvalue weighted by Crippen LogP contribution is 2.28. The van der Waals surface area contributed by atoms with E-state index in [9.17, 15) is 4.39 Å². The van der Waals surface area contributed by atoms with Crippen LogP contribution in [0, 0.1) is 0 Å². The molecule has 186 valence electrons. The minimum absolute atomic E-state index is 0.569. The fraction of sp³-hybridized carbons (Fsp3) is 0.323.